The molecule has 2 N–H and O–H groups in total. The van der Waals surface area contributed by atoms with Gasteiger partial charge in [0.05, 0.1) is 0 Å². The van der Waals surface area contributed by atoms with Gasteiger partial charge in [-0.1, -0.05) is 6.58 Å². The SMILES string of the molecule is C=C(c1cn(C)nc1-c1ccc(F)cc1[C@@H](C)Oc1cc(Br)cnc1N)c1cn(CC)nc1N1CCN(C)C[C@@H]1C. The molecule has 3 aromatic heterocycles. The summed E-state index contributed by atoms with van der Waals surface area (Å²) in [6.45, 7) is 14.2. The molecule has 4 heterocycles. The highest BCUT2D eigenvalue weighted by Gasteiger charge is 2.29. The van der Waals surface area contributed by atoms with Crippen molar-refractivity contribution in [2.45, 2.75) is 39.5 Å². The Bertz CT molecular complexity index is 1580. The number of rotatable bonds is 8. The fourth-order valence-electron chi connectivity index (χ4n) is 5.37. The van der Waals surface area contributed by atoms with Crippen molar-refractivity contribution < 1.29 is 9.13 Å². The third-order valence-electron chi connectivity index (χ3n) is 7.51. The van der Waals surface area contributed by atoms with Crippen LogP contribution in [0.2, 0.25) is 0 Å². The molecule has 0 saturated carbocycles. The fourth-order valence-corrected chi connectivity index (χ4v) is 5.68. The molecule has 41 heavy (non-hydrogen) atoms. The van der Waals surface area contributed by atoms with Crippen LogP contribution in [0.25, 0.3) is 16.8 Å². The monoisotopic (exact) mass is 622 g/mol. The molecule has 1 saturated heterocycles. The summed E-state index contributed by atoms with van der Waals surface area (Å²) in [5.41, 5.74) is 10.7. The largest absolute Gasteiger partial charge is 0.482 e. The van der Waals surface area contributed by atoms with E-state index < -0.39 is 6.10 Å². The number of anilines is 2. The second kappa shape index (κ2) is 11.7. The molecule has 5 rings (SSSR count). The molecule has 1 aliphatic rings. The number of benzene rings is 1. The molecule has 1 aromatic carbocycles. The van der Waals surface area contributed by atoms with E-state index in [1.54, 1.807) is 23.0 Å². The van der Waals surface area contributed by atoms with E-state index in [0.29, 0.717) is 23.0 Å². The van der Waals surface area contributed by atoms with Gasteiger partial charge in [0.2, 0.25) is 0 Å². The summed E-state index contributed by atoms with van der Waals surface area (Å²) in [5.74, 6) is 1.21. The number of likely N-dealkylation sites (N-methyl/N-ethyl adjacent to an activating group) is 1. The molecule has 1 aliphatic heterocycles. The zero-order chi connectivity index (χ0) is 29.4. The summed E-state index contributed by atoms with van der Waals surface area (Å²) < 4.78 is 25.3. The van der Waals surface area contributed by atoms with Crippen molar-refractivity contribution in [2.24, 2.45) is 7.05 Å². The summed E-state index contributed by atoms with van der Waals surface area (Å²) in [5, 5.41) is 9.77. The molecular weight excluding hydrogens is 587 g/mol. The molecule has 2 atom stereocenters. The third-order valence-corrected chi connectivity index (χ3v) is 7.94. The van der Waals surface area contributed by atoms with Crippen molar-refractivity contribution >= 4 is 33.1 Å². The highest BCUT2D eigenvalue weighted by molar-refractivity contribution is 9.10. The third kappa shape index (κ3) is 5.87. The van der Waals surface area contributed by atoms with Crippen molar-refractivity contribution in [2.75, 3.05) is 37.3 Å². The Morgan fingerprint density at radius 1 is 1.20 bits per heavy atom. The molecule has 4 aromatic rings. The van der Waals surface area contributed by atoms with Gasteiger partial charge in [0.1, 0.15) is 17.6 Å². The summed E-state index contributed by atoms with van der Waals surface area (Å²) in [7, 11) is 4.02. The highest BCUT2D eigenvalue weighted by Crippen LogP contribution is 2.39. The molecular formula is C30H36BrFN8O. The van der Waals surface area contributed by atoms with Gasteiger partial charge in [0.15, 0.2) is 17.4 Å². The Morgan fingerprint density at radius 3 is 2.71 bits per heavy atom. The van der Waals surface area contributed by atoms with E-state index in [0.717, 1.165) is 58.7 Å². The minimum absolute atomic E-state index is 0.253. The summed E-state index contributed by atoms with van der Waals surface area (Å²) in [6, 6.07) is 6.71. The lowest BCUT2D eigenvalue weighted by Gasteiger charge is -2.39. The van der Waals surface area contributed by atoms with Crippen molar-refractivity contribution in [1.29, 1.82) is 0 Å². The van der Waals surface area contributed by atoms with Crippen LogP contribution in [0.1, 0.15) is 43.6 Å². The lowest BCUT2D eigenvalue weighted by atomic mass is 9.94. The zero-order valence-electron chi connectivity index (χ0n) is 24.1. The highest BCUT2D eigenvalue weighted by atomic mass is 79.9. The average Bonchev–Trinajstić information content (AvgIpc) is 3.54. The van der Waals surface area contributed by atoms with Crippen LogP contribution < -0.4 is 15.4 Å². The number of hydrogen-bond donors (Lipinski definition) is 1. The fraction of sp³-hybridized carbons (Fsp3) is 0.367. The number of nitrogens with zero attached hydrogens (tertiary/aromatic N) is 7. The Kier molecular flexibility index (Phi) is 8.19. The molecule has 0 spiro atoms. The van der Waals surface area contributed by atoms with E-state index in [1.807, 2.05) is 24.9 Å². The second-order valence-corrected chi connectivity index (χ2v) is 11.5. The minimum atomic E-state index is -0.549. The Labute approximate surface area is 248 Å². The Hall–Kier alpha value is -3.70. The average molecular weight is 624 g/mol. The van der Waals surface area contributed by atoms with Crippen LogP contribution in [0.15, 0.2) is 53.9 Å². The van der Waals surface area contributed by atoms with Crippen LogP contribution >= 0.6 is 15.9 Å². The van der Waals surface area contributed by atoms with Gasteiger partial charge in [-0.25, -0.2) is 9.37 Å². The maximum Gasteiger partial charge on any atom is 0.166 e. The smallest absolute Gasteiger partial charge is 0.166 e. The summed E-state index contributed by atoms with van der Waals surface area (Å²) in [4.78, 5) is 8.85. The van der Waals surface area contributed by atoms with Gasteiger partial charge < -0.3 is 20.3 Å². The van der Waals surface area contributed by atoms with Gasteiger partial charge in [-0.05, 0) is 73.6 Å². The van der Waals surface area contributed by atoms with E-state index in [1.165, 1.54) is 12.1 Å². The van der Waals surface area contributed by atoms with E-state index in [2.05, 4.69) is 64.4 Å². The molecule has 9 nitrogen and oxygen atoms in total. The van der Waals surface area contributed by atoms with Gasteiger partial charge in [-0.2, -0.15) is 10.2 Å². The van der Waals surface area contributed by atoms with Crippen LogP contribution in [0.3, 0.4) is 0 Å². The first-order valence-electron chi connectivity index (χ1n) is 13.7. The normalized spacial score (nSPS) is 16.7. The van der Waals surface area contributed by atoms with E-state index >= 15 is 0 Å². The van der Waals surface area contributed by atoms with Crippen LogP contribution in [0.5, 0.6) is 5.75 Å². The first kappa shape index (κ1) is 28.8. The number of nitrogen functional groups attached to an aromatic ring is 1. The molecule has 1 fully saturated rings. The second-order valence-electron chi connectivity index (χ2n) is 10.6. The standard InChI is InChI=1S/C30H36BrFN8O/c1-7-39-17-26(30(36-39)40-11-10-37(5)15-18(40)2)19(3)25-16-38(6)35-28(25)23-9-8-22(32)13-24(23)20(4)41-27-12-21(31)14-34-29(27)33/h8-9,12-14,16-18,20H,3,7,10-11,15H2,1-2,4-6H3,(H2,33,34)/t18-,20+/m0/s1. The summed E-state index contributed by atoms with van der Waals surface area (Å²) in [6.07, 6.45) is 5.06. The Balaban J connectivity index is 1.56. The predicted octanol–water partition coefficient (Wildman–Crippen LogP) is 5.52. The van der Waals surface area contributed by atoms with E-state index in [4.69, 9.17) is 20.7 Å². The molecule has 11 heteroatoms. The topological polar surface area (TPSA) is 90.3 Å². The first-order valence-corrected chi connectivity index (χ1v) is 14.5. The van der Waals surface area contributed by atoms with Gasteiger partial charge in [-0.3, -0.25) is 9.36 Å². The molecule has 0 unspecified atom stereocenters. The predicted molar refractivity (Wildman–Crippen MR) is 164 cm³/mol. The quantitative estimate of drug-likeness (QED) is 0.276. The number of nitrogens with two attached hydrogens (primary N) is 1. The number of piperazine rings is 1. The van der Waals surface area contributed by atoms with Crippen LogP contribution in [0, 0.1) is 5.82 Å². The molecule has 0 aliphatic carbocycles. The number of aromatic nitrogens is 5. The maximum absolute atomic E-state index is 14.6. The molecule has 0 radical (unpaired) electrons. The lowest BCUT2D eigenvalue weighted by molar-refractivity contribution is 0.227. The van der Waals surface area contributed by atoms with Gasteiger partial charge in [-0.15, -0.1) is 0 Å². The van der Waals surface area contributed by atoms with Crippen molar-refractivity contribution in [3.05, 3.63) is 76.4 Å². The number of hydrogen-bond acceptors (Lipinski definition) is 7. The summed E-state index contributed by atoms with van der Waals surface area (Å²) >= 11 is 3.41. The van der Waals surface area contributed by atoms with Gasteiger partial charge in [0.25, 0.3) is 0 Å². The van der Waals surface area contributed by atoms with Crippen molar-refractivity contribution in [3.8, 4) is 17.0 Å². The molecule has 216 valence electrons. The number of halogens is 2. The minimum Gasteiger partial charge on any atom is -0.482 e. The van der Waals surface area contributed by atoms with Gasteiger partial charge >= 0.3 is 0 Å². The van der Waals surface area contributed by atoms with Crippen LogP contribution in [-0.4, -0.2) is 62.2 Å². The van der Waals surface area contributed by atoms with E-state index in [9.17, 15) is 4.39 Å². The Morgan fingerprint density at radius 2 is 1.98 bits per heavy atom. The lowest BCUT2D eigenvalue weighted by Crippen LogP contribution is -2.51. The molecule has 0 amide bonds. The van der Waals surface area contributed by atoms with Crippen molar-refractivity contribution in [3.63, 3.8) is 0 Å². The zero-order valence-corrected chi connectivity index (χ0v) is 25.7. The number of aryl methyl sites for hydroxylation is 2. The van der Waals surface area contributed by atoms with E-state index in [-0.39, 0.29) is 11.6 Å². The molecule has 0 bridgehead atoms. The van der Waals surface area contributed by atoms with Gasteiger partial charge in [0, 0.05) is 84.6 Å². The van der Waals surface area contributed by atoms with Crippen LogP contribution in [-0.2, 0) is 13.6 Å². The number of pyridine rings is 1. The first-order chi connectivity index (χ1) is 19.5. The maximum atomic E-state index is 14.6. The van der Waals surface area contributed by atoms with Crippen molar-refractivity contribution in [1.82, 2.24) is 29.4 Å². The number of ether oxygens (including phenoxy) is 1. The van der Waals surface area contributed by atoms with Crippen LogP contribution in [0.4, 0.5) is 16.0 Å².